The van der Waals surface area contributed by atoms with Crippen molar-refractivity contribution in [2.24, 2.45) is 0 Å². The lowest BCUT2D eigenvalue weighted by molar-refractivity contribution is 0.0601. The highest BCUT2D eigenvalue weighted by molar-refractivity contribution is 5.89. The highest BCUT2D eigenvalue weighted by Crippen LogP contribution is 2.34. The second-order valence-electron chi connectivity index (χ2n) is 5.26. The van der Waals surface area contributed by atoms with Gasteiger partial charge in [0.1, 0.15) is 0 Å². The Balaban J connectivity index is 1.75. The number of carbonyl (C=O) groups is 1. The fraction of sp³-hybridized carbons (Fsp3) is 0.235. The Morgan fingerprint density at radius 3 is 2.71 bits per heavy atom. The maximum Gasteiger partial charge on any atom is 0.337 e. The van der Waals surface area contributed by atoms with Crippen LogP contribution in [0.5, 0.6) is 0 Å². The van der Waals surface area contributed by atoms with Crippen LogP contribution in [0.4, 0.5) is 11.4 Å². The summed E-state index contributed by atoms with van der Waals surface area (Å²) in [4.78, 5) is 11.4. The number of fused-ring (bicyclic) bond motifs is 1. The first-order valence-electron chi connectivity index (χ1n) is 7.00. The molecule has 0 aliphatic heterocycles. The molecule has 0 saturated carbocycles. The molecule has 2 aromatic rings. The third kappa shape index (κ3) is 2.70. The molecular weight excluding hydrogens is 264 g/mol. The van der Waals surface area contributed by atoms with Crippen LogP contribution >= 0.6 is 0 Å². The molecular formula is C17H18N2O2. The molecule has 0 spiro atoms. The number of nitrogen functional groups attached to an aromatic ring is 1. The fourth-order valence-corrected chi connectivity index (χ4v) is 2.81. The lowest BCUT2D eigenvalue weighted by atomic mass is 10.1. The first-order chi connectivity index (χ1) is 10.2. The predicted octanol–water partition coefficient (Wildman–Crippen LogP) is 3.15. The van der Waals surface area contributed by atoms with E-state index in [0.29, 0.717) is 11.6 Å². The number of ether oxygens (including phenoxy) is 1. The summed E-state index contributed by atoms with van der Waals surface area (Å²) in [6.07, 6.45) is 2.09. The molecule has 0 fully saturated rings. The summed E-state index contributed by atoms with van der Waals surface area (Å²) in [5.74, 6) is -0.316. The van der Waals surface area contributed by atoms with Gasteiger partial charge in [0.05, 0.1) is 18.7 Å². The first-order valence-corrected chi connectivity index (χ1v) is 7.00. The molecule has 3 N–H and O–H groups in total. The summed E-state index contributed by atoms with van der Waals surface area (Å²) in [6, 6.07) is 13.7. The van der Waals surface area contributed by atoms with E-state index in [1.54, 1.807) is 12.1 Å². The lowest BCUT2D eigenvalue weighted by Crippen LogP contribution is -2.07. The average molecular weight is 282 g/mol. The largest absolute Gasteiger partial charge is 0.465 e. The highest BCUT2D eigenvalue weighted by atomic mass is 16.5. The van der Waals surface area contributed by atoms with E-state index in [1.165, 1.54) is 18.2 Å². The van der Waals surface area contributed by atoms with Gasteiger partial charge in [-0.1, -0.05) is 6.07 Å². The normalized spacial score (nSPS) is 16.3. The molecule has 1 atom stereocenters. The summed E-state index contributed by atoms with van der Waals surface area (Å²) in [6.45, 7) is 0. The van der Waals surface area contributed by atoms with Crippen molar-refractivity contribution < 1.29 is 9.53 Å². The molecule has 4 nitrogen and oxygen atoms in total. The molecule has 1 aliphatic rings. The number of rotatable bonds is 3. The van der Waals surface area contributed by atoms with Crippen LogP contribution in [0.1, 0.15) is 33.9 Å². The zero-order chi connectivity index (χ0) is 14.8. The molecule has 3 rings (SSSR count). The van der Waals surface area contributed by atoms with Crippen LogP contribution in [-0.4, -0.2) is 13.1 Å². The Labute approximate surface area is 123 Å². The van der Waals surface area contributed by atoms with Gasteiger partial charge < -0.3 is 15.8 Å². The maximum atomic E-state index is 11.4. The van der Waals surface area contributed by atoms with E-state index in [0.717, 1.165) is 24.2 Å². The quantitative estimate of drug-likeness (QED) is 0.670. The molecule has 1 unspecified atom stereocenters. The van der Waals surface area contributed by atoms with Gasteiger partial charge in [-0.3, -0.25) is 0 Å². The van der Waals surface area contributed by atoms with Crippen LogP contribution in [0.3, 0.4) is 0 Å². The van der Waals surface area contributed by atoms with Crippen molar-refractivity contribution in [1.29, 1.82) is 0 Å². The number of methoxy groups -OCH3 is 1. The number of esters is 1. The minimum Gasteiger partial charge on any atom is -0.465 e. The van der Waals surface area contributed by atoms with Crippen molar-refractivity contribution in [3.8, 4) is 0 Å². The monoisotopic (exact) mass is 282 g/mol. The number of nitrogens with one attached hydrogen (secondary N) is 1. The van der Waals surface area contributed by atoms with Crippen molar-refractivity contribution in [3.63, 3.8) is 0 Å². The zero-order valence-electron chi connectivity index (χ0n) is 11.9. The smallest absolute Gasteiger partial charge is 0.337 e. The van der Waals surface area contributed by atoms with Gasteiger partial charge in [0, 0.05) is 11.4 Å². The van der Waals surface area contributed by atoms with Gasteiger partial charge in [0.2, 0.25) is 0 Å². The van der Waals surface area contributed by atoms with Crippen molar-refractivity contribution in [2.45, 2.75) is 18.9 Å². The second kappa shape index (κ2) is 5.48. The number of benzene rings is 2. The van der Waals surface area contributed by atoms with Gasteiger partial charge >= 0.3 is 5.97 Å². The molecule has 0 radical (unpaired) electrons. The van der Waals surface area contributed by atoms with Crippen LogP contribution in [-0.2, 0) is 11.2 Å². The summed E-state index contributed by atoms with van der Waals surface area (Å²) < 4.78 is 4.70. The van der Waals surface area contributed by atoms with Crippen LogP contribution in [0.25, 0.3) is 0 Å². The summed E-state index contributed by atoms with van der Waals surface area (Å²) in [7, 11) is 1.38. The molecule has 0 bridgehead atoms. The van der Waals surface area contributed by atoms with Crippen molar-refractivity contribution in [3.05, 3.63) is 59.2 Å². The number of anilines is 2. The van der Waals surface area contributed by atoms with Crippen molar-refractivity contribution in [1.82, 2.24) is 0 Å². The summed E-state index contributed by atoms with van der Waals surface area (Å²) >= 11 is 0. The van der Waals surface area contributed by atoms with Gasteiger partial charge in [-0.25, -0.2) is 4.79 Å². The number of carbonyl (C=O) groups excluding carboxylic acids is 1. The SMILES string of the molecule is COC(=O)c1ccc(NC2CCc3cc(N)ccc32)cc1. The Hall–Kier alpha value is -2.49. The maximum absolute atomic E-state index is 11.4. The first kappa shape index (κ1) is 13.5. The van der Waals surface area contributed by atoms with Crippen LogP contribution in [0.15, 0.2) is 42.5 Å². The van der Waals surface area contributed by atoms with Crippen LogP contribution in [0.2, 0.25) is 0 Å². The van der Waals surface area contributed by atoms with Gasteiger partial charge in [-0.2, -0.15) is 0 Å². The number of aryl methyl sites for hydroxylation is 1. The number of hydrogen-bond acceptors (Lipinski definition) is 4. The topological polar surface area (TPSA) is 64.3 Å². The van der Waals surface area contributed by atoms with Crippen molar-refractivity contribution >= 4 is 17.3 Å². The molecule has 0 amide bonds. The lowest BCUT2D eigenvalue weighted by Gasteiger charge is -2.16. The minimum absolute atomic E-state index is 0.296. The van der Waals surface area contributed by atoms with Crippen LogP contribution in [0, 0.1) is 0 Å². The Morgan fingerprint density at radius 1 is 1.24 bits per heavy atom. The van der Waals surface area contributed by atoms with Crippen LogP contribution < -0.4 is 11.1 Å². The zero-order valence-corrected chi connectivity index (χ0v) is 11.9. The molecule has 0 saturated heterocycles. The molecule has 4 heteroatoms. The van der Waals surface area contributed by atoms with Gasteiger partial charge in [-0.15, -0.1) is 0 Å². The van der Waals surface area contributed by atoms with E-state index in [1.807, 2.05) is 18.2 Å². The van der Waals surface area contributed by atoms with E-state index in [4.69, 9.17) is 10.5 Å². The fourth-order valence-electron chi connectivity index (χ4n) is 2.81. The van der Waals surface area contributed by atoms with E-state index in [9.17, 15) is 4.79 Å². The standard InChI is InChI=1S/C17H18N2O2/c1-21-17(20)11-2-6-14(7-3-11)19-16-9-4-12-10-13(18)5-8-15(12)16/h2-3,5-8,10,16,19H,4,9,18H2,1H3. The summed E-state index contributed by atoms with van der Waals surface area (Å²) in [5.41, 5.74) is 10.8. The predicted molar refractivity (Wildman–Crippen MR) is 83.3 cm³/mol. The third-order valence-corrected chi connectivity index (χ3v) is 3.89. The Bertz CT molecular complexity index is 665. The van der Waals surface area contributed by atoms with Gasteiger partial charge in [-0.05, 0) is 60.4 Å². The molecule has 1 aliphatic carbocycles. The Kier molecular flexibility index (Phi) is 3.52. The van der Waals surface area contributed by atoms with Gasteiger partial charge in [0.15, 0.2) is 0 Å². The van der Waals surface area contributed by atoms with Crippen molar-refractivity contribution in [2.75, 3.05) is 18.2 Å². The molecule has 2 aromatic carbocycles. The second-order valence-corrected chi connectivity index (χ2v) is 5.26. The van der Waals surface area contributed by atoms with E-state index >= 15 is 0 Å². The minimum atomic E-state index is -0.316. The molecule has 108 valence electrons. The third-order valence-electron chi connectivity index (χ3n) is 3.89. The van der Waals surface area contributed by atoms with E-state index < -0.39 is 0 Å². The van der Waals surface area contributed by atoms with E-state index in [-0.39, 0.29) is 5.97 Å². The molecule has 21 heavy (non-hydrogen) atoms. The Morgan fingerprint density at radius 2 is 2.00 bits per heavy atom. The highest BCUT2D eigenvalue weighted by Gasteiger charge is 2.22. The van der Waals surface area contributed by atoms with Gasteiger partial charge in [0.25, 0.3) is 0 Å². The molecule has 0 aromatic heterocycles. The molecule has 0 heterocycles. The average Bonchev–Trinajstić information content (AvgIpc) is 2.89. The number of nitrogens with two attached hydrogens (primary N) is 1. The van der Waals surface area contributed by atoms with E-state index in [2.05, 4.69) is 17.4 Å². The summed E-state index contributed by atoms with van der Waals surface area (Å²) in [5, 5.41) is 3.51. The number of hydrogen-bond donors (Lipinski definition) is 2.